The van der Waals surface area contributed by atoms with E-state index in [1.807, 2.05) is 19.2 Å². The van der Waals surface area contributed by atoms with E-state index in [2.05, 4.69) is 38.0 Å². The molecule has 0 atom stereocenters. The van der Waals surface area contributed by atoms with Crippen molar-refractivity contribution in [3.63, 3.8) is 0 Å². The van der Waals surface area contributed by atoms with Crippen molar-refractivity contribution in [1.29, 1.82) is 0 Å². The van der Waals surface area contributed by atoms with E-state index in [4.69, 9.17) is 10.5 Å². The molecule has 9 heteroatoms. The Labute approximate surface area is 205 Å². The summed E-state index contributed by atoms with van der Waals surface area (Å²) < 4.78 is 7.43. The van der Waals surface area contributed by atoms with Crippen LogP contribution < -0.4 is 11.1 Å². The maximum atomic E-state index is 12.7. The van der Waals surface area contributed by atoms with Gasteiger partial charge in [0.05, 0.1) is 25.3 Å². The number of carbonyl (C=O) groups excluding carboxylic acids is 2. The molecule has 0 saturated carbocycles. The summed E-state index contributed by atoms with van der Waals surface area (Å²) in [6.07, 6.45) is 4.68. The van der Waals surface area contributed by atoms with Crippen LogP contribution in [0.5, 0.6) is 0 Å². The Hall–Kier alpha value is -3.69. The summed E-state index contributed by atoms with van der Waals surface area (Å²) in [5.41, 5.74) is 9.04. The number of nitrogens with zero attached hydrogens (tertiary/aromatic N) is 4. The summed E-state index contributed by atoms with van der Waals surface area (Å²) >= 11 is 0. The van der Waals surface area contributed by atoms with E-state index in [1.54, 1.807) is 30.3 Å². The van der Waals surface area contributed by atoms with E-state index in [1.165, 1.54) is 6.08 Å². The molecule has 4 rings (SSSR count). The minimum atomic E-state index is -0.280. The third-order valence-corrected chi connectivity index (χ3v) is 6.25. The quantitative estimate of drug-likeness (QED) is 0.481. The molecule has 1 fully saturated rings. The first kappa shape index (κ1) is 24.4. The number of anilines is 1. The van der Waals surface area contributed by atoms with Gasteiger partial charge < -0.3 is 25.3 Å². The first-order valence-corrected chi connectivity index (χ1v) is 11.7. The number of amides is 2. The molecule has 184 valence electrons. The Bertz CT molecular complexity index is 1230. The molecular weight excluding hydrogens is 444 g/mol. The minimum absolute atomic E-state index is 0.149. The smallest absolute Gasteiger partial charge is 0.255 e. The number of para-hydroxylation sites is 1. The fourth-order valence-electron chi connectivity index (χ4n) is 4.13. The van der Waals surface area contributed by atoms with Crippen LogP contribution in [-0.4, -0.2) is 77.6 Å². The molecule has 2 amide bonds. The second-order valence-electron chi connectivity index (χ2n) is 8.69. The fourth-order valence-corrected chi connectivity index (χ4v) is 4.13. The summed E-state index contributed by atoms with van der Waals surface area (Å²) in [5.74, 6) is -0.272. The second kappa shape index (κ2) is 11.2. The number of benzene rings is 1. The average Bonchev–Trinajstić information content (AvgIpc) is 3.18. The zero-order chi connectivity index (χ0) is 24.8. The molecule has 1 aliphatic rings. The van der Waals surface area contributed by atoms with E-state index in [0.29, 0.717) is 24.2 Å². The van der Waals surface area contributed by atoms with Gasteiger partial charge in [-0.05, 0) is 35.2 Å². The molecule has 3 N–H and O–H groups in total. The highest BCUT2D eigenvalue weighted by molar-refractivity contribution is 5.99. The van der Waals surface area contributed by atoms with Crippen LogP contribution in [0.4, 0.5) is 5.82 Å². The zero-order valence-corrected chi connectivity index (χ0v) is 20.2. The van der Waals surface area contributed by atoms with Crippen LogP contribution in [-0.2, 0) is 23.1 Å². The van der Waals surface area contributed by atoms with Gasteiger partial charge in [0.15, 0.2) is 0 Å². The average molecular weight is 477 g/mol. The third-order valence-electron chi connectivity index (χ3n) is 6.25. The van der Waals surface area contributed by atoms with E-state index >= 15 is 0 Å². The van der Waals surface area contributed by atoms with Crippen molar-refractivity contribution < 1.29 is 14.3 Å². The number of likely N-dealkylation sites (N-methyl/N-ethyl adjacent to an activating group) is 1. The van der Waals surface area contributed by atoms with Crippen molar-refractivity contribution in [2.75, 3.05) is 52.2 Å². The number of aromatic nitrogens is 2. The van der Waals surface area contributed by atoms with Gasteiger partial charge in [-0.25, -0.2) is 4.98 Å². The summed E-state index contributed by atoms with van der Waals surface area (Å²) in [6.45, 7) is 4.90. The minimum Gasteiger partial charge on any atom is -0.383 e. The van der Waals surface area contributed by atoms with Crippen molar-refractivity contribution >= 4 is 34.6 Å². The fraction of sp³-hybridized carbons (Fsp3) is 0.346. The molecule has 35 heavy (non-hydrogen) atoms. The second-order valence-corrected chi connectivity index (χ2v) is 8.69. The molecule has 2 aromatic heterocycles. The first-order valence-electron chi connectivity index (χ1n) is 11.7. The van der Waals surface area contributed by atoms with Crippen LogP contribution in [0.2, 0.25) is 0 Å². The number of pyridine rings is 1. The van der Waals surface area contributed by atoms with E-state index < -0.39 is 0 Å². The molecule has 0 unspecified atom stereocenters. The molecule has 0 spiro atoms. The van der Waals surface area contributed by atoms with Crippen LogP contribution in [0.25, 0.3) is 17.0 Å². The third kappa shape index (κ3) is 6.06. The normalized spacial score (nSPS) is 14.5. The van der Waals surface area contributed by atoms with E-state index in [0.717, 1.165) is 49.4 Å². The van der Waals surface area contributed by atoms with Crippen molar-refractivity contribution in [3.05, 3.63) is 65.5 Å². The Morgan fingerprint density at radius 2 is 2.00 bits per heavy atom. The topological polar surface area (TPSA) is 106 Å². The number of nitrogens with one attached hydrogen (secondary N) is 1. The Morgan fingerprint density at radius 1 is 1.23 bits per heavy atom. The van der Waals surface area contributed by atoms with Crippen LogP contribution >= 0.6 is 0 Å². The molecule has 1 saturated heterocycles. The van der Waals surface area contributed by atoms with Gasteiger partial charge in [-0.15, -0.1) is 0 Å². The standard InChI is InChI=1S/C26H32N6O3/c1-30(18-21-16-20-5-3-4-6-23(20)31(21)2)24(33)8-7-19-15-22(25(27)29-17-19)26(34)28-9-10-32-11-13-35-14-12-32/h3-8,15-17H,9-14,18H2,1-2H3,(H2,27,29)(H,28,34)/b8-7+. The number of carbonyl (C=O) groups is 2. The number of hydrogen-bond donors (Lipinski definition) is 2. The van der Waals surface area contributed by atoms with Crippen LogP contribution in [0, 0.1) is 0 Å². The van der Waals surface area contributed by atoms with Crippen LogP contribution in [0.3, 0.4) is 0 Å². The maximum Gasteiger partial charge on any atom is 0.255 e. The number of hydrogen-bond acceptors (Lipinski definition) is 6. The summed E-state index contributed by atoms with van der Waals surface area (Å²) in [7, 11) is 3.76. The number of morpholine rings is 1. The van der Waals surface area contributed by atoms with Gasteiger partial charge in [0, 0.05) is 63.8 Å². The summed E-state index contributed by atoms with van der Waals surface area (Å²) in [5, 5.41) is 4.04. The Kier molecular flexibility index (Phi) is 7.79. The maximum absolute atomic E-state index is 12.7. The van der Waals surface area contributed by atoms with Crippen molar-refractivity contribution in [3.8, 4) is 0 Å². The molecule has 1 aromatic carbocycles. The summed E-state index contributed by atoms with van der Waals surface area (Å²) in [6, 6.07) is 11.9. The Morgan fingerprint density at radius 3 is 2.77 bits per heavy atom. The van der Waals surface area contributed by atoms with Gasteiger partial charge in [0.1, 0.15) is 5.82 Å². The molecule has 3 heterocycles. The number of rotatable bonds is 8. The highest BCUT2D eigenvalue weighted by Gasteiger charge is 2.14. The number of ether oxygens (including phenoxy) is 1. The lowest BCUT2D eigenvalue weighted by atomic mass is 10.1. The van der Waals surface area contributed by atoms with Crippen molar-refractivity contribution in [2.24, 2.45) is 7.05 Å². The summed E-state index contributed by atoms with van der Waals surface area (Å²) in [4.78, 5) is 33.4. The van der Waals surface area contributed by atoms with Gasteiger partial charge in [-0.3, -0.25) is 14.5 Å². The SMILES string of the molecule is CN(Cc1cc2ccccc2n1C)C(=O)/C=C/c1cnc(N)c(C(=O)NCCN2CCOCC2)c1. The van der Waals surface area contributed by atoms with Crippen molar-refractivity contribution in [2.45, 2.75) is 6.54 Å². The molecule has 3 aromatic rings. The predicted molar refractivity (Wildman–Crippen MR) is 137 cm³/mol. The molecule has 0 bridgehead atoms. The van der Waals surface area contributed by atoms with E-state index in [9.17, 15) is 9.59 Å². The number of aryl methyl sites for hydroxylation is 1. The molecule has 0 radical (unpaired) electrons. The molecule has 0 aliphatic carbocycles. The first-order chi connectivity index (χ1) is 16.9. The molecular formula is C26H32N6O3. The Balaban J connectivity index is 1.35. The lowest BCUT2D eigenvalue weighted by Crippen LogP contribution is -2.41. The lowest BCUT2D eigenvalue weighted by Gasteiger charge is -2.26. The van der Waals surface area contributed by atoms with Gasteiger partial charge in [0.2, 0.25) is 5.91 Å². The van der Waals surface area contributed by atoms with Crippen LogP contribution in [0.15, 0.2) is 48.7 Å². The zero-order valence-electron chi connectivity index (χ0n) is 20.2. The van der Waals surface area contributed by atoms with Gasteiger partial charge in [-0.1, -0.05) is 18.2 Å². The predicted octanol–water partition coefficient (Wildman–Crippen LogP) is 1.89. The van der Waals surface area contributed by atoms with Gasteiger partial charge in [0.25, 0.3) is 5.91 Å². The van der Waals surface area contributed by atoms with Crippen LogP contribution in [0.1, 0.15) is 21.6 Å². The van der Waals surface area contributed by atoms with Gasteiger partial charge in [-0.2, -0.15) is 0 Å². The highest BCUT2D eigenvalue weighted by Crippen LogP contribution is 2.19. The van der Waals surface area contributed by atoms with Gasteiger partial charge >= 0.3 is 0 Å². The van der Waals surface area contributed by atoms with E-state index in [-0.39, 0.29) is 17.6 Å². The molecule has 1 aliphatic heterocycles. The number of fused-ring (bicyclic) bond motifs is 1. The van der Waals surface area contributed by atoms with Crippen molar-refractivity contribution in [1.82, 2.24) is 24.7 Å². The number of nitrogen functional groups attached to an aromatic ring is 1. The lowest BCUT2D eigenvalue weighted by molar-refractivity contribution is -0.125. The highest BCUT2D eigenvalue weighted by atomic mass is 16.5. The number of nitrogens with two attached hydrogens (primary N) is 1. The molecule has 9 nitrogen and oxygen atoms in total. The largest absolute Gasteiger partial charge is 0.383 e. The monoisotopic (exact) mass is 476 g/mol.